The Kier molecular flexibility index (Phi) is 2.04. The maximum atomic E-state index is 5.30. The van der Waals surface area contributed by atoms with Crippen LogP contribution < -0.4 is 5.73 Å². The molecule has 0 saturated heterocycles. The summed E-state index contributed by atoms with van der Waals surface area (Å²) >= 11 is 0. The zero-order chi connectivity index (χ0) is 9.10. The van der Waals surface area contributed by atoms with Gasteiger partial charge in [0.1, 0.15) is 0 Å². The van der Waals surface area contributed by atoms with E-state index in [4.69, 9.17) is 5.73 Å². The summed E-state index contributed by atoms with van der Waals surface area (Å²) < 4.78 is 0. The van der Waals surface area contributed by atoms with Gasteiger partial charge in [0.2, 0.25) is 0 Å². The monoisotopic (exact) mass is 172 g/mol. The second-order valence-electron chi connectivity index (χ2n) is 2.99. The summed E-state index contributed by atoms with van der Waals surface area (Å²) in [6, 6.07) is 8.27. The predicted octanol–water partition coefficient (Wildman–Crippen LogP) is 2.18. The van der Waals surface area contributed by atoms with Gasteiger partial charge < -0.3 is 10.7 Å². The van der Waals surface area contributed by atoms with Crippen LogP contribution in [0.3, 0.4) is 0 Å². The van der Waals surface area contributed by atoms with Gasteiger partial charge in [0.05, 0.1) is 0 Å². The molecular formula is C11H12N2. The molecule has 1 heterocycles. The average molecular weight is 172 g/mol. The quantitative estimate of drug-likeness (QED) is 0.716. The summed E-state index contributed by atoms with van der Waals surface area (Å²) in [5, 5.41) is 1.28. The summed E-state index contributed by atoms with van der Waals surface area (Å²) in [6.45, 7) is 0. The van der Waals surface area contributed by atoms with Gasteiger partial charge in [-0.05, 0) is 24.3 Å². The Hall–Kier alpha value is -1.70. The number of fused-ring (bicyclic) bond motifs is 1. The Balaban J connectivity index is 2.45. The van der Waals surface area contributed by atoms with Crippen molar-refractivity contribution < 1.29 is 0 Å². The van der Waals surface area contributed by atoms with Crippen LogP contribution in [-0.4, -0.2) is 4.98 Å². The fraction of sp³-hybridized carbons (Fsp3) is 0.0909. The van der Waals surface area contributed by atoms with E-state index in [9.17, 15) is 0 Å². The SMILES string of the molecule is N/C=C/Cc1c[nH]c2ccccc12. The Morgan fingerprint density at radius 3 is 3.00 bits per heavy atom. The van der Waals surface area contributed by atoms with Gasteiger partial charge in [0.15, 0.2) is 0 Å². The minimum Gasteiger partial charge on any atom is -0.405 e. The number of para-hydroxylation sites is 1. The number of rotatable bonds is 2. The highest BCUT2D eigenvalue weighted by Gasteiger charge is 1.99. The van der Waals surface area contributed by atoms with Crippen LogP contribution in [0, 0.1) is 0 Å². The van der Waals surface area contributed by atoms with Gasteiger partial charge in [-0.1, -0.05) is 24.3 Å². The van der Waals surface area contributed by atoms with Gasteiger partial charge >= 0.3 is 0 Å². The van der Waals surface area contributed by atoms with E-state index < -0.39 is 0 Å². The maximum absolute atomic E-state index is 5.30. The first-order valence-corrected chi connectivity index (χ1v) is 4.33. The number of hydrogen-bond donors (Lipinski definition) is 2. The molecule has 3 N–H and O–H groups in total. The molecule has 0 aliphatic heterocycles. The molecule has 0 atom stereocenters. The maximum Gasteiger partial charge on any atom is 0.0456 e. The molecule has 2 aromatic rings. The van der Waals surface area contributed by atoms with E-state index in [0.29, 0.717) is 0 Å². The highest BCUT2D eigenvalue weighted by molar-refractivity contribution is 5.83. The normalized spacial score (nSPS) is 11.4. The molecule has 2 heteroatoms. The standard InChI is InChI=1S/C11H12N2/c12-7-3-4-9-8-13-11-6-2-1-5-10(9)11/h1-3,5-8,13H,4,12H2/b7-3+. The van der Waals surface area contributed by atoms with Gasteiger partial charge in [-0.3, -0.25) is 0 Å². The van der Waals surface area contributed by atoms with Crippen molar-refractivity contribution in [2.75, 3.05) is 0 Å². The van der Waals surface area contributed by atoms with Crippen LogP contribution in [0.5, 0.6) is 0 Å². The highest BCUT2D eigenvalue weighted by atomic mass is 14.7. The third kappa shape index (κ3) is 1.43. The first-order chi connectivity index (χ1) is 6.42. The lowest BCUT2D eigenvalue weighted by atomic mass is 10.1. The van der Waals surface area contributed by atoms with Gasteiger partial charge in [0, 0.05) is 17.1 Å². The van der Waals surface area contributed by atoms with E-state index in [-0.39, 0.29) is 0 Å². The molecule has 1 aromatic heterocycles. The number of aromatic amines is 1. The van der Waals surface area contributed by atoms with Crippen molar-refractivity contribution in [3.63, 3.8) is 0 Å². The summed E-state index contributed by atoms with van der Waals surface area (Å²) in [4.78, 5) is 3.22. The molecule has 0 aliphatic carbocycles. The second kappa shape index (κ2) is 3.35. The molecule has 0 spiro atoms. The van der Waals surface area contributed by atoms with Crippen LogP contribution in [0.25, 0.3) is 10.9 Å². The first kappa shape index (κ1) is 7.92. The van der Waals surface area contributed by atoms with Crippen LogP contribution in [-0.2, 0) is 6.42 Å². The molecule has 2 nitrogen and oxygen atoms in total. The fourth-order valence-electron chi connectivity index (χ4n) is 1.50. The molecule has 0 aliphatic rings. The minimum absolute atomic E-state index is 0.889. The Bertz CT molecular complexity index is 426. The minimum atomic E-state index is 0.889. The lowest BCUT2D eigenvalue weighted by Gasteiger charge is -1.92. The number of nitrogens with one attached hydrogen (secondary N) is 1. The molecule has 66 valence electrons. The van der Waals surface area contributed by atoms with Gasteiger partial charge in [-0.2, -0.15) is 0 Å². The number of allylic oxidation sites excluding steroid dienone is 1. The smallest absolute Gasteiger partial charge is 0.0456 e. The summed E-state index contributed by atoms with van der Waals surface area (Å²) in [5.41, 5.74) is 7.77. The molecule has 0 saturated carbocycles. The summed E-state index contributed by atoms with van der Waals surface area (Å²) in [6.07, 6.45) is 6.46. The lowest BCUT2D eigenvalue weighted by molar-refractivity contribution is 1.27. The van der Waals surface area contributed by atoms with Crippen molar-refractivity contribution in [3.05, 3.63) is 48.3 Å². The second-order valence-corrected chi connectivity index (χ2v) is 2.99. The van der Waals surface area contributed by atoms with Crippen molar-refractivity contribution >= 4 is 10.9 Å². The molecule has 0 fully saturated rings. The number of nitrogens with two attached hydrogens (primary N) is 1. The van der Waals surface area contributed by atoms with Gasteiger partial charge in [0.25, 0.3) is 0 Å². The van der Waals surface area contributed by atoms with Crippen molar-refractivity contribution in [2.45, 2.75) is 6.42 Å². The Morgan fingerprint density at radius 1 is 1.31 bits per heavy atom. The van der Waals surface area contributed by atoms with E-state index >= 15 is 0 Å². The number of aromatic nitrogens is 1. The third-order valence-corrected chi connectivity index (χ3v) is 2.15. The largest absolute Gasteiger partial charge is 0.405 e. The van der Waals surface area contributed by atoms with Crippen LogP contribution in [0.4, 0.5) is 0 Å². The van der Waals surface area contributed by atoms with E-state index in [0.717, 1.165) is 6.42 Å². The van der Waals surface area contributed by atoms with E-state index in [1.54, 1.807) is 6.20 Å². The molecule has 0 radical (unpaired) electrons. The molecule has 13 heavy (non-hydrogen) atoms. The van der Waals surface area contributed by atoms with Crippen LogP contribution in [0.15, 0.2) is 42.7 Å². The first-order valence-electron chi connectivity index (χ1n) is 4.33. The lowest BCUT2D eigenvalue weighted by Crippen LogP contribution is -1.81. The van der Waals surface area contributed by atoms with E-state index in [1.807, 2.05) is 24.4 Å². The Morgan fingerprint density at radius 2 is 2.15 bits per heavy atom. The Labute approximate surface area is 77.1 Å². The summed E-state index contributed by atoms with van der Waals surface area (Å²) in [5.74, 6) is 0. The number of benzene rings is 1. The van der Waals surface area contributed by atoms with Crippen LogP contribution in [0.1, 0.15) is 5.56 Å². The van der Waals surface area contributed by atoms with Crippen molar-refractivity contribution in [1.82, 2.24) is 4.98 Å². The zero-order valence-corrected chi connectivity index (χ0v) is 7.33. The molecule has 0 bridgehead atoms. The fourth-order valence-corrected chi connectivity index (χ4v) is 1.50. The van der Waals surface area contributed by atoms with Crippen molar-refractivity contribution in [3.8, 4) is 0 Å². The molecular weight excluding hydrogens is 160 g/mol. The number of H-pyrrole nitrogens is 1. The number of hydrogen-bond acceptors (Lipinski definition) is 1. The molecule has 0 amide bonds. The van der Waals surface area contributed by atoms with Crippen molar-refractivity contribution in [1.29, 1.82) is 0 Å². The molecule has 2 rings (SSSR count). The van der Waals surface area contributed by atoms with Crippen LogP contribution >= 0.6 is 0 Å². The highest BCUT2D eigenvalue weighted by Crippen LogP contribution is 2.17. The average Bonchev–Trinajstić information content (AvgIpc) is 2.58. The van der Waals surface area contributed by atoms with Crippen molar-refractivity contribution in [2.24, 2.45) is 5.73 Å². The summed E-state index contributed by atoms with van der Waals surface area (Å²) in [7, 11) is 0. The molecule has 0 unspecified atom stereocenters. The van der Waals surface area contributed by atoms with Crippen LogP contribution in [0.2, 0.25) is 0 Å². The molecule has 1 aromatic carbocycles. The third-order valence-electron chi connectivity index (χ3n) is 2.15. The van der Waals surface area contributed by atoms with E-state index in [2.05, 4.69) is 17.1 Å². The van der Waals surface area contributed by atoms with Gasteiger partial charge in [-0.15, -0.1) is 0 Å². The van der Waals surface area contributed by atoms with E-state index in [1.165, 1.54) is 16.5 Å². The predicted molar refractivity (Wildman–Crippen MR) is 55.3 cm³/mol. The van der Waals surface area contributed by atoms with Gasteiger partial charge in [-0.25, -0.2) is 0 Å². The topological polar surface area (TPSA) is 41.8 Å². The zero-order valence-electron chi connectivity index (χ0n) is 7.33.